The van der Waals surface area contributed by atoms with E-state index < -0.39 is 0 Å². The van der Waals surface area contributed by atoms with Gasteiger partial charge in [-0.1, -0.05) is 19.8 Å². The van der Waals surface area contributed by atoms with Crippen molar-refractivity contribution in [2.75, 3.05) is 13.1 Å². The first-order valence-corrected chi connectivity index (χ1v) is 4.25. The van der Waals surface area contributed by atoms with Crippen molar-refractivity contribution in [2.45, 2.75) is 25.9 Å². The molecule has 0 aliphatic carbocycles. The van der Waals surface area contributed by atoms with E-state index in [9.17, 15) is 4.79 Å². The predicted octanol–water partition coefficient (Wildman–Crippen LogP) is -0.172. The minimum Gasteiger partial charge on any atom is -0.339 e. The molecule has 0 bridgehead atoms. The molecule has 1 aliphatic heterocycles. The predicted molar refractivity (Wildman–Crippen MR) is 47.5 cm³/mol. The van der Waals surface area contributed by atoms with Gasteiger partial charge in [0.1, 0.15) is 12.1 Å². The summed E-state index contributed by atoms with van der Waals surface area (Å²) in [7, 11) is 0. The second-order valence-electron chi connectivity index (χ2n) is 2.82. The number of terminal acetylenes is 1. The minimum atomic E-state index is -0.0926. The van der Waals surface area contributed by atoms with Crippen LogP contribution in [0.4, 0.5) is 0 Å². The average molecular weight is 166 g/mol. The number of hydrogen-bond donors (Lipinski definition) is 1. The molecule has 0 unspecified atom stereocenters. The number of carbonyl (C=O) groups is 1. The molecule has 0 aromatic carbocycles. The van der Waals surface area contributed by atoms with E-state index in [0.717, 1.165) is 13.1 Å². The highest BCUT2D eigenvalue weighted by Gasteiger charge is 2.41. The molecule has 0 spiro atoms. The van der Waals surface area contributed by atoms with Gasteiger partial charge in [0.2, 0.25) is 5.91 Å². The molecule has 0 aromatic heterocycles. The SMILES string of the molecule is C#C[C@@H]1NC(=O)[C@H]1N(CC)CC. The van der Waals surface area contributed by atoms with Crippen LogP contribution in [0.5, 0.6) is 0 Å². The third-order valence-electron chi connectivity index (χ3n) is 2.27. The van der Waals surface area contributed by atoms with Crippen LogP contribution < -0.4 is 5.32 Å². The summed E-state index contributed by atoms with van der Waals surface area (Å²) in [5, 5.41) is 2.67. The number of nitrogens with zero attached hydrogens (tertiary/aromatic N) is 1. The first-order chi connectivity index (χ1) is 5.74. The Hall–Kier alpha value is -1.01. The smallest absolute Gasteiger partial charge is 0.241 e. The molecular weight excluding hydrogens is 152 g/mol. The Morgan fingerprint density at radius 3 is 2.50 bits per heavy atom. The summed E-state index contributed by atoms with van der Waals surface area (Å²) in [5.74, 6) is 2.61. The third kappa shape index (κ3) is 1.30. The Balaban J connectivity index is 2.60. The Morgan fingerprint density at radius 1 is 1.58 bits per heavy atom. The van der Waals surface area contributed by atoms with Crippen LogP contribution in [0.3, 0.4) is 0 Å². The molecule has 1 aliphatic rings. The molecule has 0 saturated carbocycles. The van der Waals surface area contributed by atoms with E-state index in [4.69, 9.17) is 6.42 Å². The zero-order valence-corrected chi connectivity index (χ0v) is 7.50. The second-order valence-corrected chi connectivity index (χ2v) is 2.82. The summed E-state index contributed by atoms with van der Waals surface area (Å²) >= 11 is 0. The first kappa shape index (κ1) is 9.08. The molecule has 3 heteroatoms. The van der Waals surface area contributed by atoms with Crippen LogP contribution in [-0.2, 0) is 4.79 Å². The molecule has 2 atom stereocenters. The number of nitrogens with one attached hydrogen (secondary N) is 1. The van der Waals surface area contributed by atoms with E-state index in [1.807, 2.05) is 13.8 Å². The van der Waals surface area contributed by atoms with Crippen molar-refractivity contribution in [2.24, 2.45) is 0 Å². The van der Waals surface area contributed by atoms with E-state index in [0.29, 0.717) is 0 Å². The van der Waals surface area contributed by atoms with E-state index in [1.54, 1.807) is 0 Å². The second kappa shape index (κ2) is 3.59. The van der Waals surface area contributed by atoms with Gasteiger partial charge in [0.05, 0.1) is 0 Å². The molecule has 1 fully saturated rings. The van der Waals surface area contributed by atoms with Crippen molar-refractivity contribution in [3.05, 3.63) is 0 Å². The summed E-state index contributed by atoms with van der Waals surface area (Å²) in [6.45, 7) is 5.80. The molecule has 12 heavy (non-hydrogen) atoms. The molecule has 3 nitrogen and oxygen atoms in total. The first-order valence-electron chi connectivity index (χ1n) is 4.25. The van der Waals surface area contributed by atoms with Gasteiger partial charge in [-0.15, -0.1) is 6.42 Å². The lowest BCUT2D eigenvalue weighted by Gasteiger charge is -2.40. The molecule has 1 amide bonds. The van der Waals surface area contributed by atoms with Gasteiger partial charge in [-0.3, -0.25) is 9.69 Å². The lowest BCUT2D eigenvalue weighted by molar-refractivity contribution is -0.135. The highest BCUT2D eigenvalue weighted by molar-refractivity contribution is 5.90. The highest BCUT2D eigenvalue weighted by Crippen LogP contribution is 2.12. The Labute approximate surface area is 73.1 Å². The zero-order chi connectivity index (χ0) is 9.14. The van der Waals surface area contributed by atoms with Gasteiger partial charge in [0.15, 0.2) is 0 Å². The number of likely N-dealkylation sites (N-methyl/N-ethyl adjacent to an activating group) is 1. The van der Waals surface area contributed by atoms with Crippen LogP contribution in [0, 0.1) is 12.3 Å². The molecule has 0 aromatic rings. The Morgan fingerprint density at radius 2 is 2.17 bits per heavy atom. The maximum Gasteiger partial charge on any atom is 0.241 e. The fourth-order valence-corrected chi connectivity index (χ4v) is 1.50. The normalized spacial score (nSPS) is 27.7. The lowest BCUT2D eigenvalue weighted by Crippen LogP contribution is -2.68. The van der Waals surface area contributed by atoms with Crippen LogP contribution in [0.15, 0.2) is 0 Å². The summed E-state index contributed by atoms with van der Waals surface area (Å²) in [4.78, 5) is 13.2. The van der Waals surface area contributed by atoms with Gasteiger partial charge < -0.3 is 5.32 Å². The molecular formula is C9H14N2O. The van der Waals surface area contributed by atoms with Crippen LogP contribution in [0.1, 0.15) is 13.8 Å². The molecule has 1 rings (SSSR count). The zero-order valence-electron chi connectivity index (χ0n) is 7.50. The summed E-state index contributed by atoms with van der Waals surface area (Å²) < 4.78 is 0. The van der Waals surface area contributed by atoms with Crippen molar-refractivity contribution in [3.8, 4) is 12.3 Å². The standard InChI is InChI=1S/C9H14N2O/c1-4-7-8(9(12)10-7)11(5-2)6-3/h1,7-8H,5-6H2,2-3H3,(H,10,12)/t7-,8-/m0/s1. The number of hydrogen-bond acceptors (Lipinski definition) is 2. The number of rotatable bonds is 3. The lowest BCUT2D eigenvalue weighted by atomic mass is 9.98. The van der Waals surface area contributed by atoms with Gasteiger partial charge in [-0.05, 0) is 13.1 Å². The fraction of sp³-hybridized carbons (Fsp3) is 0.667. The van der Waals surface area contributed by atoms with Gasteiger partial charge in [0, 0.05) is 0 Å². The number of β-lactam (4-membered cyclic amide) rings is 1. The van der Waals surface area contributed by atoms with Crippen LogP contribution >= 0.6 is 0 Å². The summed E-state index contributed by atoms with van der Waals surface area (Å²) in [6, 6.07) is -0.178. The maximum atomic E-state index is 11.1. The van der Waals surface area contributed by atoms with Crippen LogP contribution in [0.2, 0.25) is 0 Å². The number of carbonyl (C=O) groups excluding carboxylic acids is 1. The fourth-order valence-electron chi connectivity index (χ4n) is 1.50. The van der Waals surface area contributed by atoms with Crippen molar-refractivity contribution in [3.63, 3.8) is 0 Å². The van der Waals surface area contributed by atoms with Crippen molar-refractivity contribution >= 4 is 5.91 Å². The van der Waals surface area contributed by atoms with E-state index in [2.05, 4.69) is 16.1 Å². The topological polar surface area (TPSA) is 32.3 Å². The average Bonchev–Trinajstić information content (AvgIpc) is 2.09. The van der Waals surface area contributed by atoms with E-state index in [-0.39, 0.29) is 18.0 Å². The molecule has 1 saturated heterocycles. The van der Waals surface area contributed by atoms with Crippen molar-refractivity contribution in [1.29, 1.82) is 0 Å². The largest absolute Gasteiger partial charge is 0.339 e. The molecule has 0 radical (unpaired) electrons. The van der Waals surface area contributed by atoms with Gasteiger partial charge in [-0.2, -0.15) is 0 Å². The maximum absolute atomic E-state index is 11.1. The summed E-state index contributed by atoms with van der Waals surface area (Å²) in [5.41, 5.74) is 0. The van der Waals surface area contributed by atoms with E-state index >= 15 is 0 Å². The summed E-state index contributed by atoms with van der Waals surface area (Å²) in [6.07, 6.45) is 5.24. The van der Waals surface area contributed by atoms with Crippen LogP contribution in [-0.4, -0.2) is 36.0 Å². The minimum absolute atomic E-state index is 0.0571. The quantitative estimate of drug-likeness (QED) is 0.466. The van der Waals surface area contributed by atoms with E-state index in [1.165, 1.54) is 0 Å². The third-order valence-corrected chi connectivity index (χ3v) is 2.27. The molecule has 66 valence electrons. The Bertz CT molecular complexity index is 215. The Kier molecular flexibility index (Phi) is 2.72. The monoisotopic (exact) mass is 166 g/mol. The molecule has 1 N–H and O–H groups in total. The molecule has 1 heterocycles. The van der Waals surface area contributed by atoms with Gasteiger partial charge >= 0.3 is 0 Å². The van der Waals surface area contributed by atoms with Gasteiger partial charge in [0.25, 0.3) is 0 Å². The van der Waals surface area contributed by atoms with Crippen molar-refractivity contribution in [1.82, 2.24) is 10.2 Å². The number of amides is 1. The van der Waals surface area contributed by atoms with Crippen molar-refractivity contribution < 1.29 is 4.79 Å². The van der Waals surface area contributed by atoms with Crippen LogP contribution in [0.25, 0.3) is 0 Å². The highest BCUT2D eigenvalue weighted by atomic mass is 16.2. The van der Waals surface area contributed by atoms with Gasteiger partial charge in [-0.25, -0.2) is 0 Å².